The number of hydrogen-bond donors (Lipinski definition) is 1. The summed E-state index contributed by atoms with van der Waals surface area (Å²) in [6.45, 7) is 0.544. The van der Waals surface area contributed by atoms with Crippen LogP contribution in [0.1, 0.15) is 10.5 Å². The Hall–Kier alpha value is -1.82. The van der Waals surface area contributed by atoms with Crippen LogP contribution in [0.2, 0.25) is 0 Å². The molecule has 1 amide bonds. The highest BCUT2D eigenvalue weighted by atomic mass is 16.5. The van der Waals surface area contributed by atoms with Crippen molar-refractivity contribution in [3.05, 3.63) is 24.0 Å². The zero-order valence-corrected chi connectivity index (χ0v) is 9.93. The predicted molar refractivity (Wildman–Crippen MR) is 60.6 cm³/mol. The lowest BCUT2D eigenvalue weighted by atomic mass is 10.4. The molecule has 0 fully saturated rings. The zero-order valence-electron chi connectivity index (χ0n) is 9.93. The molecule has 1 heterocycles. The Labute approximate surface area is 99.5 Å². The smallest absolute Gasteiger partial charge is 0.355 e. The van der Waals surface area contributed by atoms with Crippen molar-refractivity contribution in [2.45, 2.75) is 0 Å². The summed E-state index contributed by atoms with van der Waals surface area (Å²) in [6.07, 6.45) is 1.73. The van der Waals surface area contributed by atoms with Crippen LogP contribution in [0, 0.1) is 0 Å². The summed E-state index contributed by atoms with van der Waals surface area (Å²) < 4.78 is 11.2. The van der Waals surface area contributed by atoms with Gasteiger partial charge >= 0.3 is 5.97 Å². The van der Waals surface area contributed by atoms with E-state index in [1.165, 1.54) is 0 Å². The Morgan fingerprint density at radius 2 is 2.24 bits per heavy atom. The molecule has 0 aliphatic heterocycles. The first kappa shape index (κ1) is 13.2. The second kappa shape index (κ2) is 6.70. The second-order valence-electron chi connectivity index (χ2n) is 3.42. The Balaban J connectivity index is 2.29. The van der Waals surface area contributed by atoms with Crippen LogP contribution in [0.15, 0.2) is 18.3 Å². The molecule has 6 nitrogen and oxygen atoms in total. The van der Waals surface area contributed by atoms with Gasteiger partial charge in [-0.25, -0.2) is 4.79 Å². The van der Waals surface area contributed by atoms with E-state index < -0.39 is 5.97 Å². The SMILES string of the molecule is COCCNC(=O)COC(=O)c1cccn1C. The maximum Gasteiger partial charge on any atom is 0.355 e. The molecule has 0 saturated carbocycles. The molecular formula is C11H16N2O4. The third-order valence-corrected chi connectivity index (χ3v) is 2.12. The van der Waals surface area contributed by atoms with E-state index in [1.54, 1.807) is 37.1 Å². The van der Waals surface area contributed by atoms with E-state index in [9.17, 15) is 9.59 Å². The number of aromatic nitrogens is 1. The molecule has 0 aliphatic carbocycles. The van der Waals surface area contributed by atoms with Gasteiger partial charge in [0.25, 0.3) is 5.91 Å². The molecule has 1 aromatic rings. The largest absolute Gasteiger partial charge is 0.451 e. The van der Waals surface area contributed by atoms with Gasteiger partial charge in [0.05, 0.1) is 6.61 Å². The summed E-state index contributed by atoms with van der Waals surface area (Å²) in [7, 11) is 3.27. The number of hydrogen-bond acceptors (Lipinski definition) is 4. The van der Waals surface area contributed by atoms with Gasteiger partial charge in [-0.05, 0) is 12.1 Å². The lowest BCUT2D eigenvalue weighted by molar-refractivity contribution is -0.124. The van der Waals surface area contributed by atoms with Crippen LogP contribution in [0.4, 0.5) is 0 Å². The molecule has 0 saturated heterocycles. The summed E-state index contributed by atoms with van der Waals surface area (Å²) >= 11 is 0. The highest BCUT2D eigenvalue weighted by Gasteiger charge is 2.12. The van der Waals surface area contributed by atoms with Gasteiger partial charge < -0.3 is 19.4 Å². The first-order chi connectivity index (χ1) is 8.15. The van der Waals surface area contributed by atoms with Gasteiger partial charge in [0.15, 0.2) is 6.61 Å². The van der Waals surface area contributed by atoms with Crippen LogP contribution in [-0.2, 0) is 21.3 Å². The fraction of sp³-hybridized carbons (Fsp3) is 0.455. The summed E-state index contributed by atoms with van der Waals surface area (Å²) in [5.74, 6) is -0.857. The number of esters is 1. The number of rotatable bonds is 6. The maximum absolute atomic E-state index is 11.5. The van der Waals surface area contributed by atoms with Crippen LogP contribution < -0.4 is 5.32 Å². The predicted octanol–water partition coefficient (Wildman–Crippen LogP) is -0.0555. The molecule has 0 aliphatic rings. The maximum atomic E-state index is 11.5. The van der Waals surface area contributed by atoms with Gasteiger partial charge in [0.2, 0.25) is 0 Å². The van der Waals surface area contributed by atoms with Crippen LogP contribution >= 0.6 is 0 Å². The number of nitrogens with zero attached hydrogens (tertiary/aromatic N) is 1. The van der Waals surface area contributed by atoms with Crippen LogP contribution in [0.3, 0.4) is 0 Å². The molecule has 1 N–H and O–H groups in total. The van der Waals surface area contributed by atoms with E-state index in [-0.39, 0.29) is 12.5 Å². The number of aryl methyl sites for hydroxylation is 1. The summed E-state index contributed by atoms with van der Waals surface area (Å²) in [5.41, 5.74) is 0.412. The molecule has 1 rings (SSSR count). The Morgan fingerprint density at radius 1 is 1.47 bits per heavy atom. The van der Waals surface area contributed by atoms with Crippen LogP contribution in [0.25, 0.3) is 0 Å². The number of amides is 1. The monoisotopic (exact) mass is 240 g/mol. The average molecular weight is 240 g/mol. The first-order valence-electron chi connectivity index (χ1n) is 5.19. The summed E-state index contributed by atoms with van der Waals surface area (Å²) in [6, 6.07) is 3.36. The highest BCUT2D eigenvalue weighted by Crippen LogP contribution is 2.01. The number of carbonyl (C=O) groups excluding carboxylic acids is 2. The normalized spacial score (nSPS) is 10.0. The third kappa shape index (κ3) is 4.28. The number of carbonyl (C=O) groups is 2. The minimum Gasteiger partial charge on any atom is -0.451 e. The van der Waals surface area contributed by atoms with Crippen LogP contribution in [-0.4, -0.2) is 43.3 Å². The van der Waals surface area contributed by atoms with Crippen molar-refractivity contribution in [2.75, 3.05) is 26.9 Å². The van der Waals surface area contributed by atoms with E-state index in [4.69, 9.17) is 9.47 Å². The lowest BCUT2D eigenvalue weighted by Crippen LogP contribution is -2.31. The molecule has 94 valence electrons. The minimum atomic E-state index is -0.514. The Morgan fingerprint density at radius 3 is 2.82 bits per heavy atom. The average Bonchev–Trinajstić information content (AvgIpc) is 2.73. The van der Waals surface area contributed by atoms with Crippen molar-refractivity contribution in [2.24, 2.45) is 7.05 Å². The molecule has 0 aromatic carbocycles. The molecule has 6 heteroatoms. The van der Waals surface area contributed by atoms with Crippen molar-refractivity contribution in [1.29, 1.82) is 0 Å². The second-order valence-corrected chi connectivity index (χ2v) is 3.42. The fourth-order valence-corrected chi connectivity index (χ4v) is 1.22. The summed E-state index contributed by atoms with van der Waals surface area (Å²) in [5, 5.41) is 2.55. The van der Waals surface area contributed by atoms with Crippen molar-refractivity contribution >= 4 is 11.9 Å². The number of methoxy groups -OCH3 is 1. The number of ether oxygens (including phenoxy) is 2. The van der Waals surface area contributed by atoms with Gasteiger partial charge in [0, 0.05) is 26.9 Å². The van der Waals surface area contributed by atoms with E-state index >= 15 is 0 Å². The summed E-state index contributed by atoms with van der Waals surface area (Å²) in [4.78, 5) is 22.7. The molecular weight excluding hydrogens is 224 g/mol. The first-order valence-corrected chi connectivity index (χ1v) is 5.19. The van der Waals surface area contributed by atoms with Gasteiger partial charge in [-0.2, -0.15) is 0 Å². The molecule has 1 aromatic heterocycles. The van der Waals surface area contributed by atoms with Crippen LogP contribution in [0.5, 0.6) is 0 Å². The van der Waals surface area contributed by atoms with Crippen molar-refractivity contribution in [3.63, 3.8) is 0 Å². The molecule has 0 bridgehead atoms. The third-order valence-electron chi connectivity index (χ3n) is 2.12. The quantitative estimate of drug-likeness (QED) is 0.559. The molecule has 0 radical (unpaired) electrons. The van der Waals surface area contributed by atoms with Crippen molar-refractivity contribution in [3.8, 4) is 0 Å². The van der Waals surface area contributed by atoms with E-state index in [1.807, 2.05) is 0 Å². The molecule has 0 spiro atoms. The fourth-order valence-electron chi connectivity index (χ4n) is 1.22. The number of nitrogens with one attached hydrogen (secondary N) is 1. The van der Waals surface area contributed by atoms with E-state index in [0.29, 0.717) is 18.8 Å². The lowest BCUT2D eigenvalue weighted by Gasteiger charge is -2.06. The Kier molecular flexibility index (Phi) is 5.22. The van der Waals surface area contributed by atoms with Gasteiger partial charge in [-0.15, -0.1) is 0 Å². The van der Waals surface area contributed by atoms with E-state index in [0.717, 1.165) is 0 Å². The van der Waals surface area contributed by atoms with Gasteiger partial charge in [-0.1, -0.05) is 0 Å². The van der Waals surface area contributed by atoms with Crippen molar-refractivity contribution in [1.82, 2.24) is 9.88 Å². The molecule has 0 unspecified atom stereocenters. The molecule has 0 atom stereocenters. The van der Waals surface area contributed by atoms with Crippen molar-refractivity contribution < 1.29 is 19.1 Å². The van der Waals surface area contributed by atoms with E-state index in [2.05, 4.69) is 5.32 Å². The molecule has 17 heavy (non-hydrogen) atoms. The standard InChI is InChI=1S/C11H16N2O4/c1-13-6-3-4-9(13)11(15)17-8-10(14)12-5-7-16-2/h3-4,6H,5,7-8H2,1-2H3,(H,12,14). The Bertz CT molecular complexity index is 387. The minimum absolute atomic E-state index is 0.284. The zero-order chi connectivity index (χ0) is 12.7. The highest BCUT2D eigenvalue weighted by molar-refractivity contribution is 5.89. The van der Waals surface area contributed by atoms with Gasteiger partial charge in [-0.3, -0.25) is 4.79 Å². The van der Waals surface area contributed by atoms with Gasteiger partial charge in [0.1, 0.15) is 5.69 Å². The topological polar surface area (TPSA) is 69.6 Å².